The third-order valence-electron chi connectivity index (χ3n) is 1.46. The second kappa shape index (κ2) is 6.31. The van der Waals surface area contributed by atoms with Gasteiger partial charge in [0.05, 0.1) is 6.61 Å². The van der Waals surface area contributed by atoms with E-state index in [4.69, 9.17) is 4.74 Å². The number of likely N-dealkylation sites (N-methyl/N-ethyl adjacent to an activating group) is 1. The molecule has 0 saturated carbocycles. The molecular weight excluding hydrogens is 142 g/mol. The van der Waals surface area contributed by atoms with Crippen LogP contribution in [0.2, 0.25) is 0 Å². The van der Waals surface area contributed by atoms with Crippen molar-refractivity contribution in [2.24, 2.45) is 0 Å². The van der Waals surface area contributed by atoms with Gasteiger partial charge in [0, 0.05) is 6.54 Å². The molecule has 0 radical (unpaired) electrons. The molecule has 0 aromatic rings. The first-order valence-electron chi connectivity index (χ1n) is 3.92. The maximum absolute atomic E-state index is 10.4. The number of Topliss-reactive ketones (excluding diaryl/α,β-unsaturated/α-hetero) is 1. The zero-order chi connectivity index (χ0) is 8.69. The summed E-state index contributed by atoms with van der Waals surface area (Å²) in [5.41, 5.74) is 0. The molecule has 0 fully saturated rings. The van der Waals surface area contributed by atoms with Crippen LogP contribution < -0.4 is 0 Å². The van der Waals surface area contributed by atoms with E-state index >= 15 is 0 Å². The van der Waals surface area contributed by atoms with Crippen molar-refractivity contribution in [2.75, 3.05) is 33.4 Å². The average Bonchev–Trinajstić information content (AvgIpc) is 1.97. The Bertz CT molecular complexity index is 115. The number of hydrogen-bond acceptors (Lipinski definition) is 3. The molecule has 0 aliphatic rings. The third-order valence-corrected chi connectivity index (χ3v) is 1.46. The molecule has 0 aromatic carbocycles. The SMILES string of the molecule is CCN(C)CCOCC(C)=O. The second-order valence-electron chi connectivity index (χ2n) is 2.65. The second-order valence-corrected chi connectivity index (χ2v) is 2.65. The van der Waals surface area contributed by atoms with Crippen molar-refractivity contribution in [1.29, 1.82) is 0 Å². The number of carbonyl (C=O) groups excluding carboxylic acids is 1. The molecule has 0 atom stereocenters. The summed E-state index contributed by atoms with van der Waals surface area (Å²) in [6.45, 7) is 6.42. The Morgan fingerprint density at radius 1 is 1.55 bits per heavy atom. The van der Waals surface area contributed by atoms with Crippen molar-refractivity contribution in [3.63, 3.8) is 0 Å². The summed E-state index contributed by atoms with van der Waals surface area (Å²) in [6, 6.07) is 0. The number of nitrogens with zero attached hydrogens (tertiary/aromatic N) is 1. The Morgan fingerprint density at radius 2 is 2.18 bits per heavy atom. The van der Waals surface area contributed by atoms with E-state index in [1.807, 2.05) is 7.05 Å². The summed E-state index contributed by atoms with van der Waals surface area (Å²) >= 11 is 0. The Hall–Kier alpha value is -0.410. The maximum atomic E-state index is 10.4. The van der Waals surface area contributed by atoms with Crippen molar-refractivity contribution in [3.05, 3.63) is 0 Å². The molecule has 0 aliphatic heterocycles. The van der Waals surface area contributed by atoms with Gasteiger partial charge in [-0.25, -0.2) is 0 Å². The van der Waals surface area contributed by atoms with Crippen LogP contribution >= 0.6 is 0 Å². The zero-order valence-electron chi connectivity index (χ0n) is 7.59. The lowest BCUT2D eigenvalue weighted by atomic mass is 10.5. The summed E-state index contributed by atoms with van der Waals surface area (Å²) in [7, 11) is 2.02. The van der Waals surface area contributed by atoms with Gasteiger partial charge in [-0.3, -0.25) is 4.79 Å². The fourth-order valence-electron chi connectivity index (χ4n) is 0.594. The fraction of sp³-hybridized carbons (Fsp3) is 0.875. The van der Waals surface area contributed by atoms with E-state index in [9.17, 15) is 4.79 Å². The predicted octanol–water partition coefficient (Wildman–Crippen LogP) is 0.544. The van der Waals surface area contributed by atoms with Crippen LogP contribution in [0.1, 0.15) is 13.8 Å². The molecule has 0 bridgehead atoms. The van der Waals surface area contributed by atoms with E-state index in [1.54, 1.807) is 0 Å². The number of rotatable bonds is 6. The van der Waals surface area contributed by atoms with Crippen molar-refractivity contribution < 1.29 is 9.53 Å². The largest absolute Gasteiger partial charge is 0.372 e. The Morgan fingerprint density at radius 3 is 2.64 bits per heavy atom. The van der Waals surface area contributed by atoms with Crippen LogP contribution in [-0.4, -0.2) is 44.0 Å². The van der Waals surface area contributed by atoms with Gasteiger partial charge >= 0.3 is 0 Å². The topological polar surface area (TPSA) is 29.5 Å². The van der Waals surface area contributed by atoms with E-state index in [-0.39, 0.29) is 12.4 Å². The van der Waals surface area contributed by atoms with Crippen LogP contribution in [0.4, 0.5) is 0 Å². The van der Waals surface area contributed by atoms with Crippen molar-refractivity contribution in [1.82, 2.24) is 4.90 Å². The Labute approximate surface area is 68.3 Å². The lowest BCUT2D eigenvalue weighted by Crippen LogP contribution is -2.23. The van der Waals surface area contributed by atoms with Crippen LogP contribution in [0.15, 0.2) is 0 Å². The molecule has 0 aromatic heterocycles. The monoisotopic (exact) mass is 159 g/mol. The third kappa shape index (κ3) is 7.49. The Balaban J connectivity index is 3.08. The summed E-state index contributed by atoms with van der Waals surface area (Å²) in [4.78, 5) is 12.6. The van der Waals surface area contributed by atoms with Gasteiger partial charge in [-0.1, -0.05) is 6.92 Å². The molecule has 3 heteroatoms. The predicted molar refractivity (Wildman–Crippen MR) is 44.7 cm³/mol. The number of carbonyl (C=O) groups is 1. The van der Waals surface area contributed by atoms with Gasteiger partial charge in [0.15, 0.2) is 5.78 Å². The van der Waals surface area contributed by atoms with Crippen molar-refractivity contribution in [3.8, 4) is 0 Å². The summed E-state index contributed by atoms with van der Waals surface area (Å²) < 4.78 is 5.08. The highest BCUT2D eigenvalue weighted by atomic mass is 16.5. The smallest absolute Gasteiger partial charge is 0.155 e. The molecule has 0 heterocycles. The van der Waals surface area contributed by atoms with Gasteiger partial charge in [0.2, 0.25) is 0 Å². The van der Waals surface area contributed by atoms with Crippen molar-refractivity contribution in [2.45, 2.75) is 13.8 Å². The number of ketones is 1. The standard InChI is InChI=1S/C8H17NO2/c1-4-9(3)5-6-11-7-8(2)10/h4-7H2,1-3H3. The highest BCUT2D eigenvalue weighted by molar-refractivity contribution is 5.76. The molecule has 0 amide bonds. The molecular formula is C8H17NO2. The summed E-state index contributed by atoms with van der Waals surface area (Å²) in [5, 5.41) is 0. The maximum Gasteiger partial charge on any atom is 0.155 e. The van der Waals surface area contributed by atoms with Gasteiger partial charge in [-0.15, -0.1) is 0 Å². The molecule has 0 spiro atoms. The fourth-order valence-corrected chi connectivity index (χ4v) is 0.594. The Kier molecular flexibility index (Phi) is 6.07. The lowest BCUT2D eigenvalue weighted by Gasteiger charge is -2.12. The molecule has 0 rings (SSSR count). The quantitative estimate of drug-likeness (QED) is 0.530. The minimum Gasteiger partial charge on any atom is -0.372 e. The number of ether oxygens (including phenoxy) is 1. The lowest BCUT2D eigenvalue weighted by molar-refractivity contribution is -0.121. The van der Waals surface area contributed by atoms with Gasteiger partial charge in [-0.05, 0) is 20.5 Å². The van der Waals surface area contributed by atoms with E-state index in [0.717, 1.165) is 13.1 Å². The summed E-state index contributed by atoms with van der Waals surface area (Å²) in [6.07, 6.45) is 0. The minimum atomic E-state index is 0.0872. The molecule has 66 valence electrons. The molecule has 0 unspecified atom stereocenters. The molecule has 11 heavy (non-hydrogen) atoms. The van der Waals surface area contributed by atoms with E-state index < -0.39 is 0 Å². The average molecular weight is 159 g/mol. The molecule has 0 saturated heterocycles. The molecule has 0 N–H and O–H groups in total. The first-order chi connectivity index (χ1) is 5.16. The van der Waals surface area contributed by atoms with Crippen LogP contribution in [0.3, 0.4) is 0 Å². The van der Waals surface area contributed by atoms with Crippen LogP contribution in [-0.2, 0) is 9.53 Å². The number of hydrogen-bond donors (Lipinski definition) is 0. The minimum absolute atomic E-state index is 0.0872. The normalized spacial score (nSPS) is 10.5. The van der Waals surface area contributed by atoms with Crippen LogP contribution in [0.25, 0.3) is 0 Å². The highest BCUT2D eigenvalue weighted by Gasteiger charge is 1.95. The first-order valence-corrected chi connectivity index (χ1v) is 3.92. The molecule has 3 nitrogen and oxygen atoms in total. The van der Waals surface area contributed by atoms with E-state index in [1.165, 1.54) is 6.92 Å². The zero-order valence-corrected chi connectivity index (χ0v) is 7.59. The van der Waals surface area contributed by atoms with Crippen LogP contribution in [0.5, 0.6) is 0 Å². The van der Waals surface area contributed by atoms with Gasteiger partial charge < -0.3 is 9.64 Å². The van der Waals surface area contributed by atoms with E-state index in [0.29, 0.717) is 6.61 Å². The van der Waals surface area contributed by atoms with E-state index in [2.05, 4.69) is 11.8 Å². The van der Waals surface area contributed by atoms with Crippen molar-refractivity contribution >= 4 is 5.78 Å². The van der Waals surface area contributed by atoms with Gasteiger partial charge in [0.25, 0.3) is 0 Å². The van der Waals surface area contributed by atoms with Crippen LogP contribution in [0, 0.1) is 0 Å². The highest BCUT2D eigenvalue weighted by Crippen LogP contribution is 1.82. The summed E-state index contributed by atoms with van der Waals surface area (Å²) in [5.74, 6) is 0.0872. The van der Waals surface area contributed by atoms with Gasteiger partial charge in [0.1, 0.15) is 6.61 Å². The molecule has 0 aliphatic carbocycles. The van der Waals surface area contributed by atoms with Gasteiger partial charge in [-0.2, -0.15) is 0 Å². The first kappa shape index (κ1) is 10.6.